The van der Waals surface area contributed by atoms with E-state index in [4.69, 9.17) is 4.74 Å². The topological polar surface area (TPSA) is 29.5 Å². The van der Waals surface area contributed by atoms with Crippen molar-refractivity contribution in [3.63, 3.8) is 0 Å². The number of ether oxygens (including phenoxy) is 1. The van der Waals surface area contributed by atoms with Gasteiger partial charge in [0.05, 0.1) is 12.7 Å². The zero-order valence-electron chi connectivity index (χ0n) is 10.3. The summed E-state index contributed by atoms with van der Waals surface area (Å²) in [4.78, 5) is 0. The Morgan fingerprint density at radius 2 is 1.71 bits per heavy atom. The number of aliphatic hydroxyl groups excluding tert-OH is 1. The minimum absolute atomic E-state index is 0.357. The molecule has 1 unspecified atom stereocenters. The predicted octanol–water partition coefficient (Wildman–Crippen LogP) is 3.46. The highest BCUT2D eigenvalue weighted by Crippen LogP contribution is 2.21. The molecule has 1 saturated carbocycles. The molecule has 0 aliphatic heterocycles. The summed E-state index contributed by atoms with van der Waals surface area (Å²) in [5, 5.41) is 10.00. The SMILES string of the molecule is OC(COC1CCCCCC1)c1ccccc1. The second-order valence-electron chi connectivity index (χ2n) is 4.87. The van der Waals surface area contributed by atoms with Crippen LogP contribution in [-0.2, 0) is 4.74 Å². The molecule has 0 spiro atoms. The molecule has 0 saturated heterocycles. The van der Waals surface area contributed by atoms with Gasteiger partial charge in [0.25, 0.3) is 0 Å². The maximum Gasteiger partial charge on any atom is 0.102 e. The normalized spacial score (nSPS) is 19.8. The molecule has 2 rings (SSSR count). The molecule has 0 amide bonds. The molecule has 1 aliphatic rings. The van der Waals surface area contributed by atoms with Crippen LogP contribution in [0.2, 0.25) is 0 Å². The fourth-order valence-electron chi connectivity index (χ4n) is 2.41. The first-order chi connectivity index (χ1) is 8.36. The molecule has 1 fully saturated rings. The monoisotopic (exact) mass is 234 g/mol. The quantitative estimate of drug-likeness (QED) is 0.808. The maximum atomic E-state index is 10.00. The lowest BCUT2D eigenvalue weighted by molar-refractivity contribution is -0.0159. The van der Waals surface area contributed by atoms with Crippen molar-refractivity contribution >= 4 is 0 Å². The van der Waals surface area contributed by atoms with E-state index in [1.165, 1.54) is 25.7 Å². The maximum absolute atomic E-state index is 10.00. The summed E-state index contributed by atoms with van der Waals surface area (Å²) in [5.74, 6) is 0. The van der Waals surface area contributed by atoms with Crippen LogP contribution >= 0.6 is 0 Å². The predicted molar refractivity (Wildman–Crippen MR) is 68.8 cm³/mol. The Kier molecular flexibility index (Phi) is 5.02. The third-order valence-electron chi connectivity index (χ3n) is 3.48. The molecule has 1 N–H and O–H groups in total. The van der Waals surface area contributed by atoms with Gasteiger partial charge in [-0.25, -0.2) is 0 Å². The lowest BCUT2D eigenvalue weighted by Crippen LogP contribution is -2.16. The van der Waals surface area contributed by atoms with Crippen LogP contribution < -0.4 is 0 Å². The van der Waals surface area contributed by atoms with E-state index in [0.717, 1.165) is 18.4 Å². The van der Waals surface area contributed by atoms with Gasteiger partial charge in [-0.3, -0.25) is 0 Å². The van der Waals surface area contributed by atoms with Crippen LogP contribution in [0.15, 0.2) is 30.3 Å². The summed E-state index contributed by atoms with van der Waals surface area (Å²) in [6.07, 6.45) is 7.39. The largest absolute Gasteiger partial charge is 0.386 e. The summed E-state index contributed by atoms with van der Waals surface area (Å²) in [6.45, 7) is 0.425. The van der Waals surface area contributed by atoms with Gasteiger partial charge in [-0.2, -0.15) is 0 Å². The second-order valence-corrected chi connectivity index (χ2v) is 4.87. The van der Waals surface area contributed by atoms with Crippen molar-refractivity contribution in [2.24, 2.45) is 0 Å². The molecule has 94 valence electrons. The van der Waals surface area contributed by atoms with Crippen LogP contribution in [0.4, 0.5) is 0 Å². The van der Waals surface area contributed by atoms with Gasteiger partial charge in [-0.15, -0.1) is 0 Å². The van der Waals surface area contributed by atoms with Crippen LogP contribution in [0.3, 0.4) is 0 Å². The summed E-state index contributed by atoms with van der Waals surface area (Å²) in [5.41, 5.74) is 0.945. The van der Waals surface area contributed by atoms with Gasteiger partial charge < -0.3 is 9.84 Å². The molecule has 1 atom stereocenters. The lowest BCUT2D eigenvalue weighted by atomic mass is 10.1. The first kappa shape index (κ1) is 12.6. The molecule has 1 aromatic rings. The van der Waals surface area contributed by atoms with Crippen LogP contribution in [0.25, 0.3) is 0 Å². The van der Waals surface area contributed by atoms with Gasteiger partial charge in [0.2, 0.25) is 0 Å². The van der Waals surface area contributed by atoms with Crippen LogP contribution in [-0.4, -0.2) is 17.8 Å². The first-order valence-electron chi connectivity index (χ1n) is 6.71. The van der Waals surface area contributed by atoms with Gasteiger partial charge >= 0.3 is 0 Å². The van der Waals surface area contributed by atoms with Gasteiger partial charge in [-0.05, 0) is 18.4 Å². The van der Waals surface area contributed by atoms with Crippen molar-refractivity contribution in [2.75, 3.05) is 6.61 Å². The molecular weight excluding hydrogens is 212 g/mol. The Bertz CT molecular complexity index is 302. The van der Waals surface area contributed by atoms with Crippen molar-refractivity contribution in [2.45, 2.75) is 50.7 Å². The van der Waals surface area contributed by atoms with Crippen molar-refractivity contribution in [3.8, 4) is 0 Å². The minimum atomic E-state index is -0.487. The van der Waals surface area contributed by atoms with E-state index >= 15 is 0 Å². The Morgan fingerprint density at radius 3 is 2.35 bits per heavy atom. The smallest absolute Gasteiger partial charge is 0.102 e. The van der Waals surface area contributed by atoms with Crippen molar-refractivity contribution in [1.29, 1.82) is 0 Å². The average Bonchev–Trinajstić information content (AvgIpc) is 2.65. The van der Waals surface area contributed by atoms with Crippen LogP contribution in [0.5, 0.6) is 0 Å². The molecule has 0 radical (unpaired) electrons. The zero-order chi connectivity index (χ0) is 11.9. The molecule has 1 aliphatic carbocycles. The molecule has 2 nitrogen and oxygen atoms in total. The average molecular weight is 234 g/mol. The van der Waals surface area contributed by atoms with Crippen LogP contribution in [0, 0.1) is 0 Å². The third kappa shape index (κ3) is 4.14. The highest BCUT2D eigenvalue weighted by atomic mass is 16.5. The van der Waals surface area contributed by atoms with Gasteiger partial charge in [0.1, 0.15) is 6.10 Å². The summed E-state index contributed by atoms with van der Waals surface area (Å²) < 4.78 is 5.83. The van der Waals surface area contributed by atoms with E-state index in [-0.39, 0.29) is 0 Å². The fourth-order valence-corrected chi connectivity index (χ4v) is 2.41. The van der Waals surface area contributed by atoms with Crippen molar-refractivity contribution < 1.29 is 9.84 Å². The van der Waals surface area contributed by atoms with E-state index in [0.29, 0.717) is 12.7 Å². The van der Waals surface area contributed by atoms with E-state index < -0.39 is 6.10 Å². The first-order valence-corrected chi connectivity index (χ1v) is 6.71. The van der Waals surface area contributed by atoms with Gasteiger partial charge in [-0.1, -0.05) is 56.0 Å². The standard InChI is InChI=1S/C15H22O2/c16-15(13-8-4-3-5-9-13)12-17-14-10-6-1-2-7-11-14/h3-5,8-9,14-16H,1-2,6-7,10-12H2. The number of aliphatic hydroxyl groups is 1. The summed E-state index contributed by atoms with van der Waals surface area (Å²) in [6, 6.07) is 9.75. The van der Waals surface area contributed by atoms with Crippen LogP contribution in [0.1, 0.15) is 50.2 Å². The minimum Gasteiger partial charge on any atom is -0.386 e. The third-order valence-corrected chi connectivity index (χ3v) is 3.48. The van der Waals surface area contributed by atoms with Crippen molar-refractivity contribution in [3.05, 3.63) is 35.9 Å². The Morgan fingerprint density at radius 1 is 1.06 bits per heavy atom. The van der Waals surface area contributed by atoms with Gasteiger partial charge in [0.15, 0.2) is 0 Å². The highest BCUT2D eigenvalue weighted by molar-refractivity contribution is 5.17. The number of rotatable bonds is 4. The van der Waals surface area contributed by atoms with E-state index in [1.807, 2.05) is 30.3 Å². The fraction of sp³-hybridized carbons (Fsp3) is 0.600. The summed E-state index contributed by atoms with van der Waals surface area (Å²) >= 11 is 0. The molecule has 1 aromatic carbocycles. The summed E-state index contributed by atoms with van der Waals surface area (Å²) in [7, 11) is 0. The molecule has 0 bridgehead atoms. The number of hydrogen-bond donors (Lipinski definition) is 1. The lowest BCUT2D eigenvalue weighted by Gasteiger charge is -2.18. The molecule has 2 heteroatoms. The number of hydrogen-bond acceptors (Lipinski definition) is 2. The number of benzene rings is 1. The Labute approximate surface area is 104 Å². The molecular formula is C15H22O2. The highest BCUT2D eigenvalue weighted by Gasteiger charge is 2.15. The van der Waals surface area contributed by atoms with E-state index in [2.05, 4.69) is 0 Å². The molecule has 17 heavy (non-hydrogen) atoms. The van der Waals surface area contributed by atoms with Crippen molar-refractivity contribution in [1.82, 2.24) is 0 Å². The second kappa shape index (κ2) is 6.77. The molecule has 0 aromatic heterocycles. The Balaban J connectivity index is 1.77. The zero-order valence-corrected chi connectivity index (χ0v) is 10.3. The van der Waals surface area contributed by atoms with Gasteiger partial charge in [0, 0.05) is 0 Å². The van der Waals surface area contributed by atoms with E-state index in [9.17, 15) is 5.11 Å². The van der Waals surface area contributed by atoms with E-state index in [1.54, 1.807) is 0 Å². The molecule has 0 heterocycles. The Hall–Kier alpha value is -0.860.